The number of nitrogens with zero attached hydrogens (tertiary/aromatic N) is 1. The van der Waals surface area contributed by atoms with Gasteiger partial charge in [0.05, 0.1) is 6.42 Å². The summed E-state index contributed by atoms with van der Waals surface area (Å²) in [6.45, 7) is 0.0291. The summed E-state index contributed by atoms with van der Waals surface area (Å²) in [6, 6.07) is 20.2. The molecular formula is C30H31Cl2FN2O2. The van der Waals surface area contributed by atoms with Gasteiger partial charge in [-0.3, -0.25) is 9.59 Å². The smallest absolute Gasteiger partial charge is 0.243 e. The molecule has 1 atom stereocenters. The van der Waals surface area contributed by atoms with Crippen LogP contribution in [0.15, 0.2) is 72.8 Å². The Labute approximate surface area is 227 Å². The van der Waals surface area contributed by atoms with E-state index >= 15 is 0 Å². The fourth-order valence-corrected chi connectivity index (χ4v) is 5.38. The molecule has 0 saturated heterocycles. The Balaban J connectivity index is 1.70. The number of hydrogen-bond acceptors (Lipinski definition) is 2. The molecule has 1 N–H and O–H groups in total. The molecular weight excluding hydrogens is 510 g/mol. The van der Waals surface area contributed by atoms with Gasteiger partial charge in [-0.05, 0) is 42.2 Å². The average molecular weight is 541 g/mol. The van der Waals surface area contributed by atoms with Gasteiger partial charge in [0.1, 0.15) is 11.9 Å². The molecule has 1 saturated carbocycles. The minimum Gasteiger partial charge on any atom is -0.352 e. The highest BCUT2D eigenvalue weighted by atomic mass is 35.5. The van der Waals surface area contributed by atoms with Gasteiger partial charge >= 0.3 is 0 Å². The first-order valence-corrected chi connectivity index (χ1v) is 13.5. The average Bonchev–Trinajstić information content (AvgIpc) is 2.90. The van der Waals surface area contributed by atoms with Crippen molar-refractivity contribution in [2.45, 2.75) is 63.6 Å². The van der Waals surface area contributed by atoms with E-state index in [1.165, 1.54) is 11.0 Å². The van der Waals surface area contributed by atoms with Gasteiger partial charge in [-0.15, -0.1) is 0 Å². The summed E-state index contributed by atoms with van der Waals surface area (Å²) in [7, 11) is 0. The van der Waals surface area contributed by atoms with Crippen LogP contribution in [0.3, 0.4) is 0 Å². The third-order valence-electron chi connectivity index (χ3n) is 6.91. The minimum absolute atomic E-state index is 0.0291. The fraction of sp³-hybridized carbons (Fsp3) is 0.333. The number of carbonyl (C=O) groups excluding carboxylic acids is 2. The van der Waals surface area contributed by atoms with Crippen LogP contribution >= 0.6 is 23.2 Å². The van der Waals surface area contributed by atoms with Crippen LogP contribution in [-0.2, 0) is 29.0 Å². The standard InChI is InChI=1S/C30H31Cl2FN2O2/c31-25-15-9-16-26(32)24(25)20-35(29(36)19-22-12-7-8-17-27(22)33)28(18-21-10-3-1-4-11-21)30(37)34-23-13-5-2-6-14-23/h1,3-4,7-12,15-17,23,28H,2,5-6,13-14,18-20H2,(H,34,37). The Morgan fingerprint density at radius 1 is 0.892 bits per heavy atom. The summed E-state index contributed by atoms with van der Waals surface area (Å²) in [6.07, 6.45) is 5.27. The zero-order chi connectivity index (χ0) is 26.2. The van der Waals surface area contributed by atoms with Crippen LogP contribution in [0.25, 0.3) is 0 Å². The van der Waals surface area contributed by atoms with E-state index in [1.807, 2.05) is 30.3 Å². The summed E-state index contributed by atoms with van der Waals surface area (Å²) in [5, 5.41) is 4.00. The predicted octanol–water partition coefficient (Wildman–Crippen LogP) is 6.76. The van der Waals surface area contributed by atoms with E-state index in [4.69, 9.17) is 23.2 Å². The molecule has 1 aliphatic carbocycles. The van der Waals surface area contributed by atoms with Gasteiger partial charge in [0, 0.05) is 34.6 Å². The predicted molar refractivity (Wildman–Crippen MR) is 146 cm³/mol. The van der Waals surface area contributed by atoms with Crippen molar-refractivity contribution in [3.8, 4) is 0 Å². The first-order valence-electron chi connectivity index (χ1n) is 12.7. The van der Waals surface area contributed by atoms with E-state index in [-0.39, 0.29) is 36.4 Å². The number of rotatable bonds is 9. The SMILES string of the molecule is O=C(NC1CCCCC1)C(Cc1ccccc1)N(Cc1c(Cl)cccc1Cl)C(=O)Cc1ccccc1F. The van der Waals surface area contributed by atoms with Crippen LogP contribution in [0.2, 0.25) is 10.0 Å². The van der Waals surface area contributed by atoms with Crippen molar-refractivity contribution in [3.63, 3.8) is 0 Å². The molecule has 0 aliphatic heterocycles. The molecule has 1 unspecified atom stereocenters. The first-order chi connectivity index (χ1) is 17.9. The highest BCUT2D eigenvalue weighted by Crippen LogP contribution is 2.28. The first kappa shape index (κ1) is 27.2. The molecule has 0 aromatic heterocycles. The third-order valence-corrected chi connectivity index (χ3v) is 7.62. The Morgan fingerprint density at radius 2 is 1.54 bits per heavy atom. The van der Waals surface area contributed by atoms with Crippen LogP contribution < -0.4 is 5.32 Å². The van der Waals surface area contributed by atoms with Crippen molar-refractivity contribution in [1.82, 2.24) is 10.2 Å². The Kier molecular flexibility index (Phi) is 9.59. The lowest BCUT2D eigenvalue weighted by molar-refractivity contribution is -0.141. The zero-order valence-corrected chi connectivity index (χ0v) is 22.1. The molecule has 2 amide bonds. The second-order valence-corrected chi connectivity index (χ2v) is 10.4. The lowest BCUT2D eigenvalue weighted by atomic mass is 9.94. The van der Waals surface area contributed by atoms with Crippen LogP contribution in [0.4, 0.5) is 4.39 Å². The second-order valence-electron chi connectivity index (χ2n) is 9.54. The lowest BCUT2D eigenvalue weighted by Gasteiger charge is -2.34. The molecule has 0 bridgehead atoms. The monoisotopic (exact) mass is 540 g/mol. The van der Waals surface area contributed by atoms with E-state index in [0.717, 1.165) is 37.7 Å². The lowest BCUT2D eigenvalue weighted by Crippen LogP contribution is -2.53. The number of halogens is 3. The van der Waals surface area contributed by atoms with Crippen molar-refractivity contribution in [1.29, 1.82) is 0 Å². The fourth-order valence-electron chi connectivity index (χ4n) is 4.86. The highest BCUT2D eigenvalue weighted by molar-refractivity contribution is 6.36. The topological polar surface area (TPSA) is 49.4 Å². The zero-order valence-electron chi connectivity index (χ0n) is 20.6. The summed E-state index contributed by atoms with van der Waals surface area (Å²) >= 11 is 13.0. The number of amides is 2. The third kappa shape index (κ3) is 7.33. The van der Waals surface area contributed by atoms with Crippen molar-refractivity contribution in [3.05, 3.63) is 105 Å². The van der Waals surface area contributed by atoms with E-state index in [9.17, 15) is 14.0 Å². The van der Waals surface area contributed by atoms with Gasteiger partial charge < -0.3 is 10.2 Å². The summed E-state index contributed by atoms with van der Waals surface area (Å²) < 4.78 is 14.5. The number of benzene rings is 3. The molecule has 1 aliphatic rings. The molecule has 37 heavy (non-hydrogen) atoms. The van der Waals surface area contributed by atoms with Crippen molar-refractivity contribution >= 4 is 35.0 Å². The molecule has 0 heterocycles. The highest BCUT2D eigenvalue weighted by Gasteiger charge is 2.33. The molecule has 1 fully saturated rings. The van der Waals surface area contributed by atoms with Gasteiger partial charge in [-0.1, -0.05) is 97.1 Å². The normalized spacial score (nSPS) is 14.7. The molecule has 0 spiro atoms. The molecule has 3 aromatic carbocycles. The minimum atomic E-state index is -0.823. The molecule has 0 radical (unpaired) electrons. The maximum absolute atomic E-state index is 14.5. The van der Waals surface area contributed by atoms with Gasteiger partial charge in [-0.25, -0.2) is 4.39 Å². The Hall–Kier alpha value is -2.89. The van der Waals surface area contributed by atoms with E-state index in [0.29, 0.717) is 22.0 Å². The van der Waals surface area contributed by atoms with Crippen LogP contribution in [0.5, 0.6) is 0 Å². The number of hydrogen-bond donors (Lipinski definition) is 1. The maximum atomic E-state index is 14.5. The molecule has 4 nitrogen and oxygen atoms in total. The molecule has 7 heteroatoms. The second kappa shape index (κ2) is 13.1. The van der Waals surface area contributed by atoms with Crippen molar-refractivity contribution in [2.75, 3.05) is 0 Å². The van der Waals surface area contributed by atoms with E-state index in [1.54, 1.807) is 36.4 Å². The maximum Gasteiger partial charge on any atom is 0.243 e. The molecule has 3 aromatic rings. The van der Waals surface area contributed by atoms with Crippen molar-refractivity contribution < 1.29 is 14.0 Å². The van der Waals surface area contributed by atoms with Crippen LogP contribution in [0.1, 0.15) is 48.8 Å². The van der Waals surface area contributed by atoms with Crippen LogP contribution in [0, 0.1) is 5.82 Å². The van der Waals surface area contributed by atoms with E-state index < -0.39 is 11.9 Å². The van der Waals surface area contributed by atoms with E-state index in [2.05, 4.69) is 5.32 Å². The summed E-state index contributed by atoms with van der Waals surface area (Å²) in [4.78, 5) is 29.1. The largest absolute Gasteiger partial charge is 0.352 e. The number of carbonyl (C=O) groups is 2. The number of nitrogens with one attached hydrogen (secondary N) is 1. The molecule has 194 valence electrons. The summed E-state index contributed by atoms with van der Waals surface area (Å²) in [5.41, 5.74) is 1.74. The summed E-state index contributed by atoms with van der Waals surface area (Å²) in [5.74, 6) is -1.06. The van der Waals surface area contributed by atoms with Gasteiger partial charge in [0.15, 0.2) is 0 Å². The Bertz CT molecular complexity index is 1190. The quantitative estimate of drug-likeness (QED) is 0.325. The van der Waals surface area contributed by atoms with Gasteiger partial charge in [-0.2, -0.15) is 0 Å². The Morgan fingerprint density at radius 3 is 2.22 bits per heavy atom. The van der Waals surface area contributed by atoms with Crippen molar-refractivity contribution in [2.24, 2.45) is 0 Å². The van der Waals surface area contributed by atoms with Crippen LogP contribution in [-0.4, -0.2) is 28.8 Å². The van der Waals surface area contributed by atoms with Gasteiger partial charge in [0.25, 0.3) is 0 Å². The molecule has 4 rings (SSSR count). The van der Waals surface area contributed by atoms with Gasteiger partial charge in [0.2, 0.25) is 11.8 Å².